The summed E-state index contributed by atoms with van der Waals surface area (Å²) in [5, 5.41) is 11.3. The average Bonchev–Trinajstić information content (AvgIpc) is 2.94. The van der Waals surface area contributed by atoms with Crippen molar-refractivity contribution in [3.05, 3.63) is 30.3 Å². The highest BCUT2D eigenvalue weighted by Gasteiger charge is 2.66. The lowest BCUT2D eigenvalue weighted by molar-refractivity contribution is -0.220. The summed E-state index contributed by atoms with van der Waals surface area (Å²) >= 11 is 0. The standard InChI is InChI=1S/C34H50FNO4/c1-32-19-17-28(37)30(40-24-10-6-4-7-11-24)33(32,2)18-15-25-26(32)16-20-34(3)27(25)12-8-5-9-21-36(34)31(38)29-14-13-23(35)22-39-29/h4,6-7,10-11,23,25-30,37H,5,8-9,12-22H2,1-3H3/t23-,25?,26+,27+,28+,29-,30+,32-,33+,34+/m1/s1. The Morgan fingerprint density at radius 1 is 0.925 bits per heavy atom. The molecule has 1 amide bonds. The van der Waals surface area contributed by atoms with E-state index in [2.05, 4.69) is 25.7 Å². The van der Waals surface area contributed by atoms with E-state index in [1.807, 2.05) is 30.3 Å². The summed E-state index contributed by atoms with van der Waals surface area (Å²) in [5.74, 6) is 2.50. The Labute approximate surface area is 240 Å². The number of fused-ring (bicyclic) bond motifs is 5. The Kier molecular flexibility index (Phi) is 7.74. The molecular formula is C34H50FNO4. The van der Waals surface area contributed by atoms with Crippen LogP contribution >= 0.6 is 0 Å². The second-order valence-corrected chi connectivity index (χ2v) is 14.4. The lowest BCUT2D eigenvalue weighted by Crippen LogP contribution is -2.68. The fourth-order valence-corrected chi connectivity index (χ4v) is 10.2. The number of alkyl halides is 1. The first-order valence-corrected chi connectivity index (χ1v) is 16.1. The molecule has 1 aromatic carbocycles. The van der Waals surface area contributed by atoms with Crippen molar-refractivity contribution in [1.82, 2.24) is 4.90 Å². The minimum atomic E-state index is -0.948. The molecule has 5 aliphatic rings. The van der Waals surface area contributed by atoms with Gasteiger partial charge in [-0.1, -0.05) is 44.9 Å². The highest BCUT2D eigenvalue weighted by atomic mass is 19.1. The third kappa shape index (κ3) is 4.60. The molecule has 0 spiro atoms. The number of hydrogen-bond donors (Lipinski definition) is 1. The number of nitrogens with zero attached hydrogens (tertiary/aromatic N) is 1. The van der Waals surface area contributed by atoms with Gasteiger partial charge in [-0.05, 0) is 106 Å². The van der Waals surface area contributed by atoms with Crippen molar-refractivity contribution in [1.29, 1.82) is 0 Å². The molecule has 5 fully saturated rings. The SMILES string of the molecule is C[C@]12CC[C@H]3C(CC[C@@]4(C)[C@@H](Oc5ccccc5)[C@@H](O)CC[C@]34C)[C@@H]1CCCCCN2C(=O)[C@H]1CC[C@@H](F)CO1. The van der Waals surface area contributed by atoms with Gasteiger partial charge in [-0.2, -0.15) is 0 Å². The van der Waals surface area contributed by atoms with Crippen LogP contribution < -0.4 is 4.74 Å². The maximum absolute atomic E-state index is 14.0. The molecule has 2 heterocycles. The molecule has 6 rings (SSSR count). The summed E-state index contributed by atoms with van der Waals surface area (Å²) in [4.78, 5) is 16.2. The van der Waals surface area contributed by atoms with Crippen LogP contribution in [0.3, 0.4) is 0 Å². The first kappa shape index (κ1) is 28.5. The summed E-state index contributed by atoms with van der Waals surface area (Å²) in [6.45, 7) is 8.08. The third-order valence-electron chi connectivity index (χ3n) is 12.6. The normalized spacial score (nSPS) is 45.7. The van der Waals surface area contributed by atoms with E-state index in [4.69, 9.17) is 9.47 Å². The van der Waals surface area contributed by atoms with E-state index in [1.54, 1.807) is 0 Å². The van der Waals surface area contributed by atoms with Crippen LogP contribution in [0, 0.1) is 28.6 Å². The summed E-state index contributed by atoms with van der Waals surface area (Å²) in [6, 6.07) is 10.0. The topological polar surface area (TPSA) is 59.0 Å². The van der Waals surface area contributed by atoms with Crippen molar-refractivity contribution in [2.75, 3.05) is 13.2 Å². The molecule has 5 nitrogen and oxygen atoms in total. The number of para-hydroxylation sites is 1. The van der Waals surface area contributed by atoms with Crippen LogP contribution in [-0.2, 0) is 9.53 Å². The van der Waals surface area contributed by atoms with E-state index in [1.165, 1.54) is 12.8 Å². The van der Waals surface area contributed by atoms with Crippen LogP contribution in [-0.4, -0.2) is 59.1 Å². The van der Waals surface area contributed by atoms with E-state index in [0.717, 1.165) is 63.7 Å². The molecule has 222 valence electrons. The summed E-state index contributed by atoms with van der Waals surface area (Å²) in [5.41, 5.74) is -0.242. The second kappa shape index (κ2) is 10.9. The monoisotopic (exact) mass is 555 g/mol. The number of ether oxygens (including phenoxy) is 2. The van der Waals surface area contributed by atoms with Gasteiger partial charge in [0.05, 0.1) is 12.7 Å². The molecule has 1 N–H and O–H groups in total. The summed E-state index contributed by atoms with van der Waals surface area (Å²) < 4.78 is 26.2. The largest absolute Gasteiger partial charge is 0.487 e. The Morgan fingerprint density at radius 3 is 2.45 bits per heavy atom. The molecule has 0 aromatic heterocycles. The number of amides is 1. The molecule has 3 saturated carbocycles. The number of aliphatic hydroxyl groups excluding tert-OH is 1. The van der Waals surface area contributed by atoms with Gasteiger partial charge in [0.1, 0.15) is 24.1 Å². The van der Waals surface area contributed by atoms with Crippen LogP contribution in [0.1, 0.15) is 97.8 Å². The smallest absolute Gasteiger partial charge is 0.252 e. The highest BCUT2D eigenvalue weighted by molar-refractivity contribution is 5.82. The number of benzene rings is 1. The first-order valence-electron chi connectivity index (χ1n) is 16.1. The average molecular weight is 556 g/mol. The second-order valence-electron chi connectivity index (χ2n) is 14.4. The molecule has 0 bridgehead atoms. The molecule has 1 aromatic rings. The van der Waals surface area contributed by atoms with E-state index >= 15 is 0 Å². The lowest BCUT2D eigenvalue weighted by Gasteiger charge is -2.68. The fourth-order valence-electron chi connectivity index (χ4n) is 10.2. The van der Waals surface area contributed by atoms with Gasteiger partial charge in [-0.3, -0.25) is 4.79 Å². The van der Waals surface area contributed by atoms with Crippen LogP contribution in [0.2, 0.25) is 0 Å². The third-order valence-corrected chi connectivity index (χ3v) is 12.6. The molecule has 1 unspecified atom stereocenters. The van der Waals surface area contributed by atoms with Crippen LogP contribution in [0.4, 0.5) is 4.39 Å². The number of likely N-dealkylation sites (tertiary alicyclic amines) is 1. The quantitative estimate of drug-likeness (QED) is 0.450. The number of aliphatic hydroxyl groups is 1. The number of hydrogen-bond acceptors (Lipinski definition) is 4. The van der Waals surface area contributed by atoms with Crippen molar-refractivity contribution >= 4 is 5.91 Å². The zero-order chi connectivity index (χ0) is 28.1. The first-order chi connectivity index (χ1) is 19.2. The molecule has 10 atom stereocenters. The van der Waals surface area contributed by atoms with Crippen molar-refractivity contribution in [2.45, 2.75) is 128 Å². The van der Waals surface area contributed by atoms with E-state index < -0.39 is 18.4 Å². The predicted molar refractivity (Wildman–Crippen MR) is 154 cm³/mol. The molecule has 40 heavy (non-hydrogen) atoms. The van der Waals surface area contributed by atoms with Gasteiger partial charge < -0.3 is 19.5 Å². The maximum Gasteiger partial charge on any atom is 0.252 e. The number of halogens is 1. The van der Waals surface area contributed by atoms with Crippen molar-refractivity contribution in [3.8, 4) is 5.75 Å². The van der Waals surface area contributed by atoms with Crippen LogP contribution in [0.15, 0.2) is 30.3 Å². The number of rotatable bonds is 3. The fraction of sp³-hybridized carbons (Fsp3) is 0.794. The van der Waals surface area contributed by atoms with Gasteiger partial charge in [0.25, 0.3) is 5.91 Å². The van der Waals surface area contributed by atoms with Crippen molar-refractivity contribution in [3.63, 3.8) is 0 Å². The van der Waals surface area contributed by atoms with Gasteiger partial charge in [-0.15, -0.1) is 0 Å². The van der Waals surface area contributed by atoms with Gasteiger partial charge in [0.15, 0.2) is 0 Å². The molecule has 2 saturated heterocycles. The Bertz CT molecular complexity index is 1050. The number of carbonyl (C=O) groups is 1. The zero-order valence-corrected chi connectivity index (χ0v) is 24.8. The van der Waals surface area contributed by atoms with E-state index in [-0.39, 0.29) is 35.0 Å². The lowest BCUT2D eigenvalue weighted by atomic mass is 9.40. The van der Waals surface area contributed by atoms with Crippen LogP contribution in [0.5, 0.6) is 5.75 Å². The number of carbonyl (C=O) groups excluding carboxylic acids is 1. The molecule has 6 heteroatoms. The molecular weight excluding hydrogens is 505 g/mol. The molecule has 0 radical (unpaired) electrons. The molecule has 2 aliphatic heterocycles. The Hall–Kier alpha value is -1.66. The Balaban J connectivity index is 1.28. The van der Waals surface area contributed by atoms with E-state index in [0.29, 0.717) is 30.6 Å². The van der Waals surface area contributed by atoms with Gasteiger partial charge in [-0.25, -0.2) is 4.39 Å². The minimum absolute atomic E-state index is 0.0457. The van der Waals surface area contributed by atoms with Crippen molar-refractivity contribution in [2.24, 2.45) is 28.6 Å². The van der Waals surface area contributed by atoms with Gasteiger partial charge in [0, 0.05) is 17.5 Å². The zero-order valence-electron chi connectivity index (χ0n) is 24.8. The van der Waals surface area contributed by atoms with Gasteiger partial charge in [0.2, 0.25) is 0 Å². The van der Waals surface area contributed by atoms with Gasteiger partial charge >= 0.3 is 0 Å². The maximum atomic E-state index is 14.0. The predicted octanol–water partition coefficient (Wildman–Crippen LogP) is 6.72. The minimum Gasteiger partial charge on any atom is -0.487 e. The molecule has 3 aliphatic carbocycles. The van der Waals surface area contributed by atoms with Crippen molar-refractivity contribution < 1.29 is 23.8 Å². The summed E-state index contributed by atoms with van der Waals surface area (Å²) in [6.07, 6.45) is 9.40. The van der Waals surface area contributed by atoms with Crippen LogP contribution in [0.25, 0.3) is 0 Å². The highest BCUT2D eigenvalue weighted by Crippen LogP contribution is 2.68. The summed E-state index contributed by atoms with van der Waals surface area (Å²) in [7, 11) is 0. The van der Waals surface area contributed by atoms with E-state index in [9.17, 15) is 14.3 Å². The Morgan fingerprint density at radius 2 is 1.70 bits per heavy atom.